The number of hydrogen-bond donors (Lipinski definition) is 2. The predicted molar refractivity (Wildman–Crippen MR) is 93.9 cm³/mol. The maximum absolute atomic E-state index is 13.3. The SMILES string of the molecule is NCc1ccc2c(-c3cnc(N)nc3)c(-c3ccc(F)cc3)nn2c1. The summed E-state index contributed by atoms with van der Waals surface area (Å²) in [7, 11) is 0. The fourth-order valence-electron chi connectivity index (χ4n) is 2.77. The zero-order valence-corrected chi connectivity index (χ0v) is 13.2. The number of rotatable bonds is 3. The maximum Gasteiger partial charge on any atom is 0.219 e. The van der Waals surface area contributed by atoms with Crippen molar-refractivity contribution in [2.75, 3.05) is 5.73 Å². The van der Waals surface area contributed by atoms with Crippen LogP contribution >= 0.6 is 0 Å². The van der Waals surface area contributed by atoms with Gasteiger partial charge in [-0.05, 0) is 35.9 Å². The third kappa shape index (κ3) is 2.70. The van der Waals surface area contributed by atoms with E-state index in [0.29, 0.717) is 12.2 Å². The van der Waals surface area contributed by atoms with E-state index in [9.17, 15) is 4.39 Å². The van der Waals surface area contributed by atoms with Crippen molar-refractivity contribution in [3.05, 3.63) is 66.4 Å². The van der Waals surface area contributed by atoms with Gasteiger partial charge < -0.3 is 11.5 Å². The molecule has 0 radical (unpaired) electrons. The molecule has 0 unspecified atom stereocenters. The number of hydrogen-bond acceptors (Lipinski definition) is 5. The van der Waals surface area contributed by atoms with Crippen LogP contribution in [0, 0.1) is 5.82 Å². The Bertz CT molecular complexity index is 1040. The average molecular weight is 334 g/mol. The van der Waals surface area contributed by atoms with Crippen LogP contribution in [-0.2, 0) is 6.54 Å². The molecule has 1 aromatic carbocycles. The van der Waals surface area contributed by atoms with Crippen LogP contribution in [0.4, 0.5) is 10.3 Å². The second-order valence-electron chi connectivity index (χ2n) is 5.63. The molecule has 3 aromatic heterocycles. The monoisotopic (exact) mass is 334 g/mol. The molecular weight excluding hydrogens is 319 g/mol. The van der Waals surface area contributed by atoms with Crippen LogP contribution < -0.4 is 11.5 Å². The Labute approximate surface area is 143 Å². The van der Waals surface area contributed by atoms with E-state index in [1.165, 1.54) is 12.1 Å². The number of pyridine rings is 1. The van der Waals surface area contributed by atoms with Crippen LogP contribution in [0.5, 0.6) is 0 Å². The fraction of sp³-hybridized carbons (Fsp3) is 0.0556. The Morgan fingerprint density at radius 3 is 2.36 bits per heavy atom. The lowest BCUT2D eigenvalue weighted by Gasteiger charge is -2.04. The molecule has 4 aromatic rings. The highest BCUT2D eigenvalue weighted by Gasteiger charge is 2.17. The predicted octanol–water partition coefficient (Wildman–Crippen LogP) is 2.64. The van der Waals surface area contributed by atoms with Crippen molar-refractivity contribution in [2.45, 2.75) is 6.54 Å². The zero-order chi connectivity index (χ0) is 17.4. The van der Waals surface area contributed by atoms with Gasteiger partial charge in [0.1, 0.15) is 11.5 Å². The molecule has 4 rings (SSSR count). The van der Waals surface area contributed by atoms with E-state index in [4.69, 9.17) is 11.5 Å². The summed E-state index contributed by atoms with van der Waals surface area (Å²) in [6, 6.07) is 10.1. The van der Waals surface area contributed by atoms with Gasteiger partial charge in [0.05, 0.1) is 5.52 Å². The normalized spacial score (nSPS) is 11.1. The van der Waals surface area contributed by atoms with Crippen LogP contribution in [0.15, 0.2) is 55.0 Å². The molecule has 0 saturated carbocycles. The van der Waals surface area contributed by atoms with Gasteiger partial charge in [-0.1, -0.05) is 6.07 Å². The molecule has 0 aliphatic rings. The van der Waals surface area contributed by atoms with Crippen LogP contribution in [0.1, 0.15) is 5.56 Å². The van der Waals surface area contributed by atoms with Gasteiger partial charge in [-0.25, -0.2) is 18.9 Å². The minimum Gasteiger partial charge on any atom is -0.368 e. The Kier molecular flexibility index (Phi) is 3.62. The molecule has 0 amide bonds. The first kappa shape index (κ1) is 15.2. The smallest absolute Gasteiger partial charge is 0.219 e. The largest absolute Gasteiger partial charge is 0.368 e. The number of nitrogen functional groups attached to an aromatic ring is 1. The highest BCUT2D eigenvalue weighted by Crippen LogP contribution is 2.34. The first-order valence-electron chi connectivity index (χ1n) is 7.71. The van der Waals surface area contributed by atoms with E-state index in [0.717, 1.165) is 27.8 Å². The summed E-state index contributed by atoms with van der Waals surface area (Å²) in [5.74, 6) is -0.0933. The highest BCUT2D eigenvalue weighted by atomic mass is 19.1. The van der Waals surface area contributed by atoms with Crippen molar-refractivity contribution < 1.29 is 4.39 Å². The van der Waals surface area contributed by atoms with Gasteiger partial charge in [0.25, 0.3) is 0 Å². The van der Waals surface area contributed by atoms with E-state index in [1.807, 2.05) is 18.3 Å². The lowest BCUT2D eigenvalue weighted by atomic mass is 10.0. The van der Waals surface area contributed by atoms with Crippen LogP contribution in [0.3, 0.4) is 0 Å². The Balaban J connectivity index is 2.01. The molecule has 124 valence electrons. The van der Waals surface area contributed by atoms with Crippen molar-refractivity contribution in [3.8, 4) is 22.4 Å². The first-order valence-corrected chi connectivity index (χ1v) is 7.71. The summed E-state index contributed by atoms with van der Waals surface area (Å²) in [6.45, 7) is 0.419. The molecular formula is C18H15FN6. The van der Waals surface area contributed by atoms with Crippen molar-refractivity contribution in [2.24, 2.45) is 5.73 Å². The fourth-order valence-corrected chi connectivity index (χ4v) is 2.77. The summed E-state index contributed by atoms with van der Waals surface area (Å²) >= 11 is 0. The molecule has 0 atom stereocenters. The number of aromatic nitrogens is 4. The van der Waals surface area contributed by atoms with Gasteiger partial charge in [-0.3, -0.25) is 0 Å². The van der Waals surface area contributed by atoms with Crippen LogP contribution in [0.25, 0.3) is 27.9 Å². The number of benzene rings is 1. The van der Waals surface area contributed by atoms with E-state index in [2.05, 4.69) is 15.1 Å². The molecule has 0 bridgehead atoms. The van der Waals surface area contributed by atoms with Gasteiger partial charge in [-0.2, -0.15) is 5.10 Å². The third-order valence-electron chi connectivity index (χ3n) is 4.00. The lowest BCUT2D eigenvalue weighted by Crippen LogP contribution is -1.98. The molecule has 4 N–H and O–H groups in total. The highest BCUT2D eigenvalue weighted by molar-refractivity contribution is 5.91. The van der Waals surface area contributed by atoms with E-state index in [1.54, 1.807) is 29.0 Å². The van der Waals surface area contributed by atoms with Crippen molar-refractivity contribution in [1.82, 2.24) is 19.6 Å². The molecule has 0 fully saturated rings. The van der Waals surface area contributed by atoms with Crippen molar-refractivity contribution >= 4 is 11.5 Å². The molecule has 0 saturated heterocycles. The second-order valence-corrected chi connectivity index (χ2v) is 5.63. The molecule has 0 spiro atoms. The van der Waals surface area contributed by atoms with Gasteiger partial charge in [0.2, 0.25) is 5.95 Å². The number of nitrogens with zero attached hydrogens (tertiary/aromatic N) is 4. The number of nitrogens with two attached hydrogens (primary N) is 2. The summed E-state index contributed by atoms with van der Waals surface area (Å²) in [6.07, 6.45) is 5.19. The molecule has 0 aliphatic heterocycles. The summed E-state index contributed by atoms with van der Waals surface area (Å²) in [5.41, 5.74) is 16.3. The number of anilines is 1. The number of halogens is 1. The van der Waals surface area contributed by atoms with Crippen LogP contribution in [0.2, 0.25) is 0 Å². The molecule has 6 nitrogen and oxygen atoms in total. The molecule has 7 heteroatoms. The standard InChI is InChI=1S/C18H15FN6/c19-14-4-2-12(3-5-14)17-16(13-8-22-18(21)23-9-13)15-6-1-11(7-20)10-25(15)24-17/h1-6,8-10H,7,20H2,(H2,21,22,23). The minimum absolute atomic E-state index is 0.203. The average Bonchev–Trinajstić information content (AvgIpc) is 3.01. The van der Waals surface area contributed by atoms with Crippen LogP contribution in [-0.4, -0.2) is 19.6 Å². The minimum atomic E-state index is -0.296. The van der Waals surface area contributed by atoms with Gasteiger partial charge in [0, 0.05) is 41.8 Å². The Hall–Kier alpha value is -3.32. The quantitative estimate of drug-likeness (QED) is 0.600. The van der Waals surface area contributed by atoms with Crippen molar-refractivity contribution in [3.63, 3.8) is 0 Å². The van der Waals surface area contributed by atoms with E-state index in [-0.39, 0.29) is 11.8 Å². The lowest BCUT2D eigenvalue weighted by molar-refractivity contribution is 0.628. The van der Waals surface area contributed by atoms with Gasteiger partial charge >= 0.3 is 0 Å². The van der Waals surface area contributed by atoms with Crippen molar-refractivity contribution in [1.29, 1.82) is 0 Å². The first-order chi connectivity index (χ1) is 12.2. The molecule has 25 heavy (non-hydrogen) atoms. The molecule has 0 aliphatic carbocycles. The van der Waals surface area contributed by atoms with Gasteiger partial charge in [0.15, 0.2) is 0 Å². The van der Waals surface area contributed by atoms with E-state index >= 15 is 0 Å². The topological polar surface area (TPSA) is 95.1 Å². The maximum atomic E-state index is 13.3. The number of fused-ring (bicyclic) bond motifs is 1. The summed E-state index contributed by atoms with van der Waals surface area (Å²) in [5, 5.41) is 4.67. The zero-order valence-electron chi connectivity index (χ0n) is 13.2. The Morgan fingerprint density at radius 1 is 0.960 bits per heavy atom. The van der Waals surface area contributed by atoms with Gasteiger partial charge in [-0.15, -0.1) is 0 Å². The second kappa shape index (κ2) is 5.95. The summed E-state index contributed by atoms with van der Waals surface area (Å²) < 4.78 is 15.1. The Morgan fingerprint density at radius 2 is 1.68 bits per heavy atom. The third-order valence-corrected chi connectivity index (χ3v) is 4.00. The summed E-state index contributed by atoms with van der Waals surface area (Å²) in [4.78, 5) is 8.15. The molecule has 3 heterocycles. The van der Waals surface area contributed by atoms with E-state index < -0.39 is 0 Å².